The Kier molecular flexibility index (Phi) is 5.32. The molecule has 1 N–H and O–H groups in total. The maximum absolute atomic E-state index is 12.2. The van der Waals surface area contributed by atoms with E-state index in [9.17, 15) is 14.9 Å². The number of hydrogen-bond donors (Lipinski definition) is 1. The number of fused-ring (bicyclic) bond motifs is 1. The van der Waals surface area contributed by atoms with Gasteiger partial charge in [-0.15, -0.1) is 0 Å². The Labute approximate surface area is 175 Å². The summed E-state index contributed by atoms with van der Waals surface area (Å²) >= 11 is 5.90. The second-order valence-corrected chi connectivity index (χ2v) is 6.71. The van der Waals surface area contributed by atoms with Crippen LogP contribution >= 0.6 is 11.6 Å². The fourth-order valence-electron chi connectivity index (χ4n) is 2.79. The van der Waals surface area contributed by atoms with Gasteiger partial charge in [-0.05, 0) is 48.5 Å². The summed E-state index contributed by atoms with van der Waals surface area (Å²) in [5, 5.41) is 14.3. The Morgan fingerprint density at radius 2 is 1.90 bits per heavy atom. The zero-order valence-electron chi connectivity index (χ0n) is 15.4. The lowest BCUT2D eigenvalue weighted by Gasteiger charge is -2.07. The zero-order chi connectivity index (χ0) is 21.1. The lowest BCUT2D eigenvalue weighted by Crippen LogP contribution is -2.20. The predicted molar refractivity (Wildman–Crippen MR) is 112 cm³/mol. The first-order valence-electron chi connectivity index (χ1n) is 8.82. The van der Waals surface area contributed by atoms with Crippen molar-refractivity contribution in [3.63, 3.8) is 0 Å². The fourth-order valence-corrected chi connectivity index (χ4v) is 2.92. The van der Waals surface area contributed by atoms with Gasteiger partial charge in [-0.25, -0.2) is 4.98 Å². The third-order valence-electron chi connectivity index (χ3n) is 4.18. The van der Waals surface area contributed by atoms with Crippen LogP contribution in [0.3, 0.4) is 0 Å². The molecule has 0 aliphatic carbocycles. The van der Waals surface area contributed by atoms with Crippen LogP contribution in [0.15, 0.2) is 71.1 Å². The number of nitrogens with zero attached hydrogens (tertiary/aromatic N) is 2. The van der Waals surface area contributed by atoms with Gasteiger partial charge in [0, 0.05) is 22.3 Å². The Bertz CT molecular complexity index is 1240. The molecule has 0 bridgehead atoms. The number of carbonyl (C=O) groups is 1. The average molecular weight is 424 g/mol. The molecule has 150 valence electrons. The zero-order valence-corrected chi connectivity index (χ0v) is 16.1. The fraction of sp³-hybridized carbons (Fsp3) is 0.0476. The predicted octanol–water partition coefficient (Wildman–Crippen LogP) is 5.07. The molecule has 1 aromatic heterocycles. The quantitative estimate of drug-likeness (QED) is 0.342. The Balaban J connectivity index is 1.45. The minimum Gasteiger partial charge on any atom is -0.477 e. The number of rotatable bonds is 6. The number of halogens is 1. The number of anilines is 1. The lowest BCUT2D eigenvalue weighted by molar-refractivity contribution is -0.385. The summed E-state index contributed by atoms with van der Waals surface area (Å²) in [6.45, 7) is -0.377. The molecule has 0 radical (unpaired) electrons. The van der Waals surface area contributed by atoms with Crippen molar-refractivity contribution in [1.29, 1.82) is 0 Å². The molecular formula is C21H14ClN3O5. The van der Waals surface area contributed by atoms with Crippen molar-refractivity contribution in [2.45, 2.75) is 0 Å². The van der Waals surface area contributed by atoms with Crippen molar-refractivity contribution in [3.8, 4) is 17.2 Å². The number of oxazole rings is 1. The Morgan fingerprint density at radius 3 is 2.67 bits per heavy atom. The van der Waals surface area contributed by atoms with E-state index in [1.54, 1.807) is 48.5 Å². The summed E-state index contributed by atoms with van der Waals surface area (Å²) in [6, 6.07) is 18.0. The largest absolute Gasteiger partial charge is 0.477 e. The number of nitro groups is 1. The molecule has 3 aromatic carbocycles. The van der Waals surface area contributed by atoms with Gasteiger partial charge in [-0.1, -0.05) is 23.7 Å². The molecule has 0 atom stereocenters. The van der Waals surface area contributed by atoms with Crippen LogP contribution in [-0.2, 0) is 4.79 Å². The number of nitro benzene ring substituents is 1. The second-order valence-electron chi connectivity index (χ2n) is 6.27. The van der Waals surface area contributed by atoms with Crippen molar-refractivity contribution in [3.05, 3.63) is 81.9 Å². The topological polar surface area (TPSA) is 108 Å². The highest BCUT2D eigenvalue weighted by atomic mass is 35.5. The van der Waals surface area contributed by atoms with Gasteiger partial charge in [0.1, 0.15) is 5.52 Å². The van der Waals surface area contributed by atoms with E-state index in [0.717, 1.165) is 5.56 Å². The van der Waals surface area contributed by atoms with Crippen LogP contribution in [0.2, 0.25) is 5.02 Å². The van der Waals surface area contributed by atoms with Crippen molar-refractivity contribution in [1.82, 2.24) is 4.98 Å². The third-order valence-corrected chi connectivity index (χ3v) is 4.44. The normalized spacial score (nSPS) is 10.7. The van der Waals surface area contributed by atoms with Crippen molar-refractivity contribution in [2.75, 3.05) is 11.9 Å². The van der Waals surface area contributed by atoms with Gasteiger partial charge in [-0.2, -0.15) is 0 Å². The van der Waals surface area contributed by atoms with Crippen LogP contribution in [0.25, 0.3) is 22.6 Å². The minimum atomic E-state index is -0.565. The Hall–Kier alpha value is -3.91. The van der Waals surface area contributed by atoms with E-state index in [1.807, 2.05) is 0 Å². The molecule has 30 heavy (non-hydrogen) atoms. The molecule has 1 heterocycles. The maximum atomic E-state index is 12.2. The summed E-state index contributed by atoms with van der Waals surface area (Å²) in [5.74, 6) is -0.00371. The number of nitrogens with one attached hydrogen (secondary N) is 1. The summed E-state index contributed by atoms with van der Waals surface area (Å²) in [5.41, 5.74) is 2.20. The number of benzene rings is 3. The smallest absolute Gasteiger partial charge is 0.310 e. The highest BCUT2D eigenvalue weighted by molar-refractivity contribution is 6.30. The van der Waals surface area contributed by atoms with E-state index >= 15 is 0 Å². The molecule has 1 amide bonds. The summed E-state index contributed by atoms with van der Waals surface area (Å²) < 4.78 is 11.0. The second kappa shape index (κ2) is 8.22. The van der Waals surface area contributed by atoms with E-state index in [1.165, 1.54) is 18.2 Å². The van der Waals surface area contributed by atoms with E-state index in [4.69, 9.17) is 20.8 Å². The number of carbonyl (C=O) groups excluding carboxylic acids is 1. The van der Waals surface area contributed by atoms with Gasteiger partial charge < -0.3 is 14.5 Å². The van der Waals surface area contributed by atoms with E-state index in [0.29, 0.717) is 27.7 Å². The number of para-hydroxylation sites is 2. The van der Waals surface area contributed by atoms with Crippen LogP contribution in [0.4, 0.5) is 11.4 Å². The number of ether oxygens (including phenoxy) is 1. The van der Waals surface area contributed by atoms with Crippen LogP contribution in [0, 0.1) is 10.1 Å². The molecule has 8 nitrogen and oxygen atoms in total. The number of amides is 1. The van der Waals surface area contributed by atoms with Gasteiger partial charge in [-0.3, -0.25) is 14.9 Å². The monoisotopic (exact) mass is 423 g/mol. The third kappa shape index (κ3) is 4.23. The summed E-state index contributed by atoms with van der Waals surface area (Å²) in [7, 11) is 0. The standard InChI is InChI=1S/C21H14ClN3O5/c22-14-7-5-13(6-8-14)21-24-16-11-15(9-10-18(16)30-21)23-20(26)12-29-19-4-2-1-3-17(19)25(27)28/h1-11H,12H2,(H,23,26). The molecule has 0 fully saturated rings. The van der Waals surface area contributed by atoms with Crippen molar-refractivity contribution in [2.24, 2.45) is 0 Å². The molecule has 4 aromatic rings. The molecule has 4 rings (SSSR count). The molecule has 0 aliphatic rings. The van der Waals surface area contributed by atoms with Crippen LogP contribution in [-0.4, -0.2) is 22.4 Å². The highest BCUT2D eigenvalue weighted by Gasteiger charge is 2.15. The maximum Gasteiger partial charge on any atom is 0.310 e. The van der Waals surface area contributed by atoms with E-state index < -0.39 is 10.8 Å². The van der Waals surface area contributed by atoms with Gasteiger partial charge in [0.15, 0.2) is 17.9 Å². The van der Waals surface area contributed by atoms with Crippen molar-refractivity contribution >= 4 is 40.0 Å². The van der Waals surface area contributed by atoms with Gasteiger partial charge in [0.05, 0.1) is 4.92 Å². The van der Waals surface area contributed by atoms with Gasteiger partial charge in [0.25, 0.3) is 5.91 Å². The molecule has 0 unspecified atom stereocenters. The first-order chi connectivity index (χ1) is 14.5. The van der Waals surface area contributed by atoms with Crippen LogP contribution in [0.5, 0.6) is 5.75 Å². The Morgan fingerprint density at radius 1 is 1.13 bits per heavy atom. The van der Waals surface area contributed by atoms with Gasteiger partial charge in [0.2, 0.25) is 5.89 Å². The van der Waals surface area contributed by atoms with E-state index in [-0.39, 0.29) is 18.0 Å². The molecule has 9 heteroatoms. The lowest BCUT2D eigenvalue weighted by atomic mass is 10.2. The summed E-state index contributed by atoms with van der Waals surface area (Å²) in [4.78, 5) is 27.1. The van der Waals surface area contributed by atoms with E-state index in [2.05, 4.69) is 10.3 Å². The molecule has 0 spiro atoms. The number of hydrogen-bond acceptors (Lipinski definition) is 6. The highest BCUT2D eigenvalue weighted by Crippen LogP contribution is 2.28. The summed E-state index contributed by atoms with van der Waals surface area (Å²) in [6.07, 6.45) is 0. The van der Waals surface area contributed by atoms with Gasteiger partial charge >= 0.3 is 5.69 Å². The average Bonchev–Trinajstić information content (AvgIpc) is 3.16. The molecule has 0 saturated heterocycles. The first kappa shape index (κ1) is 19.4. The minimum absolute atomic E-state index is 0.0252. The van der Waals surface area contributed by atoms with Crippen LogP contribution in [0.1, 0.15) is 0 Å². The van der Waals surface area contributed by atoms with Crippen molar-refractivity contribution < 1.29 is 18.9 Å². The molecule has 0 saturated carbocycles. The molecule has 0 aliphatic heterocycles. The SMILES string of the molecule is O=C(COc1ccccc1[N+](=O)[O-])Nc1ccc2oc(-c3ccc(Cl)cc3)nc2c1. The van der Waals surface area contributed by atoms with Crippen LogP contribution < -0.4 is 10.1 Å². The first-order valence-corrected chi connectivity index (χ1v) is 9.20. The molecular weight excluding hydrogens is 410 g/mol. The number of aromatic nitrogens is 1.